The number of anilines is 1. The van der Waals surface area contributed by atoms with E-state index in [0.717, 1.165) is 60.8 Å². The van der Waals surface area contributed by atoms with Gasteiger partial charge in [0.1, 0.15) is 11.6 Å². The van der Waals surface area contributed by atoms with Gasteiger partial charge >= 0.3 is 0 Å². The second-order valence-electron chi connectivity index (χ2n) is 7.65. The first kappa shape index (κ1) is 21.9. The lowest BCUT2D eigenvalue weighted by Crippen LogP contribution is -2.46. The van der Waals surface area contributed by atoms with E-state index in [1.54, 1.807) is 6.21 Å². The molecular weight excluding hydrogens is 423 g/mol. The largest absolute Gasteiger partial charge is 0.375 e. The standard InChI is InChI=1S/C24H25FN6S/c25-22-7-4-18(5-8-22)17-30-10-12-31(13-11-30)23-9-6-21(16-27-23)20-3-1-2-19(14-20)15-28-29-24(26)32/h1-9,14-16H,10-13,17H2,(H3,26,29,32)/b28-15+. The van der Waals surface area contributed by atoms with Crippen LogP contribution in [0, 0.1) is 5.82 Å². The van der Waals surface area contributed by atoms with Crippen molar-refractivity contribution < 1.29 is 4.39 Å². The van der Waals surface area contributed by atoms with Crippen molar-refractivity contribution in [2.24, 2.45) is 10.8 Å². The van der Waals surface area contributed by atoms with Crippen LogP contribution in [-0.2, 0) is 6.54 Å². The number of halogens is 1. The van der Waals surface area contributed by atoms with Gasteiger partial charge in [-0.25, -0.2) is 9.37 Å². The molecule has 6 nitrogen and oxygen atoms in total. The third-order valence-electron chi connectivity index (χ3n) is 5.37. The molecule has 0 bridgehead atoms. The van der Waals surface area contributed by atoms with Crippen molar-refractivity contribution in [1.82, 2.24) is 15.3 Å². The maximum atomic E-state index is 13.1. The summed E-state index contributed by atoms with van der Waals surface area (Å²) in [6, 6.07) is 18.9. The van der Waals surface area contributed by atoms with Gasteiger partial charge in [-0.05, 0) is 59.2 Å². The van der Waals surface area contributed by atoms with Crippen molar-refractivity contribution in [2.75, 3.05) is 31.1 Å². The molecule has 0 amide bonds. The molecule has 1 saturated heterocycles. The summed E-state index contributed by atoms with van der Waals surface area (Å²) in [5.41, 5.74) is 12.1. The maximum Gasteiger partial charge on any atom is 0.184 e. The molecule has 3 N–H and O–H groups in total. The summed E-state index contributed by atoms with van der Waals surface area (Å²) >= 11 is 4.74. The van der Waals surface area contributed by atoms with E-state index < -0.39 is 0 Å². The number of aromatic nitrogens is 1. The van der Waals surface area contributed by atoms with Gasteiger partial charge in [0.2, 0.25) is 0 Å². The zero-order valence-corrected chi connectivity index (χ0v) is 18.4. The Morgan fingerprint density at radius 3 is 2.53 bits per heavy atom. The van der Waals surface area contributed by atoms with Crippen LogP contribution in [0.1, 0.15) is 11.1 Å². The Morgan fingerprint density at radius 1 is 1.06 bits per heavy atom. The molecule has 1 aliphatic heterocycles. The van der Waals surface area contributed by atoms with Crippen LogP contribution in [-0.4, -0.2) is 47.4 Å². The van der Waals surface area contributed by atoms with Gasteiger partial charge in [0, 0.05) is 44.5 Å². The lowest BCUT2D eigenvalue weighted by atomic mass is 10.1. The van der Waals surface area contributed by atoms with E-state index in [2.05, 4.69) is 32.5 Å². The summed E-state index contributed by atoms with van der Waals surface area (Å²) < 4.78 is 13.1. The molecule has 0 saturated carbocycles. The zero-order chi connectivity index (χ0) is 22.3. The van der Waals surface area contributed by atoms with E-state index in [1.165, 1.54) is 12.1 Å². The van der Waals surface area contributed by atoms with Crippen molar-refractivity contribution in [3.05, 3.63) is 83.8 Å². The molecule has 1 aliphatic rings. The third kappa shape index (κ3) is 5.87. The van der Waals surface area contributed by atoms with Gasteiger partial charge in [0.05, 0.1) is 6.21 Å². The number of hydrazone groups is 1. The van der Waals surface area contributed by atoms with Crippen LogP contribution >= 0.6 is 12.2 Å². The molecule has 32 heavy (non-hydrogen) atoms. The molecule has 1 aromatic heterocycles. The summed E-state index contributed by atoms with van der Waals surface area (Å²) in [6.07, 6.45) is 3.58. The van der Waals surface area contributed by atoms with Crippen molar-refractivity contribution >= 4 is 29.4 Å². The zero-order valence-electron chi connectivity index (χ0n) is 17.6. The Bertz CT molecular complexity index is 1080. The van der Waals surface area contributed by atoms with Crippen LogP contribution in [0.5, 0.6) is 0 Å². The van der Waals surface area contributed by atoms with Crippen LogP contribution in [0.15, 0.2) is 72.0 Å². The maximum absolute atomic E-state index is 13.1. The number of piperazine rings is 1. The van der Waals surface area contributed by atoms with Crippen LogP contribution < -0.4 is 16.1 Å². The number of benzene rings is 2. The topological polar surface area (TPSA) is 69.8 Å². The summed E-state index contributed by atoms with van der Waals surface area (Å²) in [5.74, 6) is 0.787. The molecule has 0 atom stereocenters. The minimum atomic E-state index is -0.193. The molecule has 4 rings (SSSR count). The Balaban J connectivity index is 1.35. The minimum Gasteiger partial charge on any atom is -0.375 e. The molecule has 3 aromatic rings. The fraction of sp³-hybridized carbons (Fsp3) is 0.208. The first-order chi connectivity index (χ1) is 15.6. The first-order valence-corrected chi connectivity index (χ1v) is 10.8. The summed E-state index contributed by atoms with van der Waals surface area (Å²) in [6.45, 7) is 4.56. The second-order valence-corrected chi connectivity index (χ2v) is 8.09. The highest BCUT2D eigenvalue weighted by Gasteiger charge is 2.18. The average molecular weight is 449 g/mol. The van der Waals surface area contributed by atoms with Crippen LogP contribution in [0.25, 0.3) is 11.1 Å². The van der Waals surface area contributed by atoms with E-state index in [4.69, 9.17) is 22.9 Å². The molecule has 0 unspecified atom stereocenters. The van der Waals surface area contributed by atoms with E-state index >= 15 is 0 Å². The van der Waals surface area contributed by atoms with Crippen LogP contribution in [0.2, 0.25) is 0 Å². The molecule has 2 aromatic carbocycles. The van der Waals surface area contributed by atoms with Gasteiger partial charge in [-0.3, -0.25) is 10.3 Å². The highest BCUT2D eigenvalue weighted by Crippen LogP contribution is 2.22. The Labute approximate surface area is 192 Å². The SMILES string of the molecule is NC(=S)N/N=C/c1cccc(-c2ccc(N3CCN(Cc4ccc(F)cc4)CC3)nc2)c1. The number of pyridine rings is 1. The molecule has 0 spiro atoms. The van der Waals surface area contributed by atoms with Gasteiger partial charge < -0.3 is 10.6 Å². The van der Waals surface area contributed by atoms with E-state index in [0.29, 0.717) is 0 Å². The number of nitrogens with zero attached hydrogens (tertiary/aromatic N) is 4. The van der Waals surface area contributed by atoms with Crippen molar-refractivity contribution in [3.63, 3.8) is 0 Å². The number of hydrogen-bond acceptors (Lipinski definition) is 5. The monoisotopic (exact) mass is 448 g/mol. The predicted octanol–water partition coefficient (Wildman–Crippen LogP) is 3.38. The quantitative estimate of drug-likeness (QED) is 0.342. The number of nitrogens with two attached hydrogens (primary N) is 1. The average Bonchev–Trinajstić information content (AvgIpc) is 2.81. The van der Waals surface area contributed by atoms with Gasteiger partial charge in [-0.1, -0.05) is 30.3 Å². The molecule has 8 heteroatoms. The molecular formula is C24H25FN6S. The molecule has 0 radical (unpaired) electrons. The second kappa shape index (κ2) is 10.3. The Kier molecular flexibility index (Phi) is 7.03. The highest BCUT2D eigenvalue weighted by molar-refractivity contribution is 7.80. The fourth-order valence-electron chi connectivity index (χ4n) is 3.70. The van der Waals surface area contributed by atoms with Crippen LogP contribution in [0.4, 0.5) is 10.2 Å². The van der Waals surface area contributed by atoms with E-state index in [-0.39, 0.29) is 10.9 Å². The number of hydrogen-bond donors (Lipinski definition) is 2. The van der Waals surface area contributed by atoms with Crippen molar-refractivity contribution in [2.45, 2.75) is 6.54 Å². The number of nitrogens with one attached hydrogen (secondary N) is 1. The summed E-state index contributed by atoms with van der Waals surface area (Å²) in [5, 5.41) is 4.14. The molecule has 0 aliphatic carbocycles. The van der Waals surface area contributed by atoms with Gasteiger partial charge in [0.25, 0.3) is 0 Å². The van der Waals surface area contributed by atoms with E-state index in [9.17, 15) is 4.39 Å². The molecule has 1 fully saturated rings. The smallest absolute Gasteiger partial charge is 0.184 e. The van der Waals surface area contributed by atoms with Crippen molar-refractivity contribution in [1.29, 1.82) is 0 Å². The van der Waals surface area contributed by atoms with Crippen molar-refractivity contribution in [3.8, 4) is 11.1 Å². The lowest BCUT2D eigenvalue weighted by Gasteiger charge is -2.35. The van der Waals surface area contributed by atoms with Gasteiger partial charge in [-0.15, -0.1) is 0 Å². The van der Waals surface area contributed by atoms with Gasteiger partial charge in [-0.2, -0.15) is 5.10 Å². The minimum absolute atomic E-state index is 0.133. The highest BCUT2D eigenvalue weighted by atomic mass is 32.1. The first-order valence-electron chi connectivity index (χ1n) is 10.4. The lowest BCUT2D eigenvalue weighted by molar-refractivity contribution is 0.249. The predicted molar refractivity (Wildman–Crippen MR) is 131 cm³/mol. The molecule has 164 valence electrons. The normalized spacial score (nSPS) is 14.6. The number of rotatable bonds is 6. The fourth-order valence-corrected chi connectivity index (χ4v) is 3.75. The third-order valence-corrected chi connectivity index (χ3v) is 5.46. The van der Waals surface area contributed by atoms with Crippen LogP contribution in [0.3, 0.4) is 0 Å². The van der Waals surface area contributed by atoms with Gasteiger partial charge in [0.15, 0.2) is 5.11 Å². The number of thiocarbonyl (C=S) groups is 1. The summed E-state index contributed by atoms with van der Waals surface area (Å²) in [7, 11) is 0. The van der Waals surface area contributed by atoms with E-state index in [1.807, 2.05) is 42.6 Å². The Morgan fingerprint density at radius 2 is 1.84 bits per heavy atom. The Hall–Kier alpha value is -3.36. The molecule has 2 heterocycles. The summed E-state index contributed by atoms with van der Waals surface area (Å²) in [4.78, 5) is 9.39.